The fraction of sp³-hybridized carbons (Fsp3) is 0.222. The molecule has 0 amide bonds. The monoisotopic (exact) mass is 323 g/mol. The third-order valence-corrected chi connectivity index (χ3v) is 3.90. The molecule has 0 saturated carbocycles. The lowest BCUT2D eigenvalue weighted by atomic mass is 10.2. The molecule has 24 heavy (non-hydrogen) atoms. The van der Waals surface area contributed by atoms with E-state index in [-0.39, 0.29) is 11.2 Å². The summed E-state index contributed by atoms with van der Waals surface area (Å²) >= 11 is 0. The number of nitro groups is 1. The van der Waals surface area contributed by atoms with E-state index >= 15 is 0 Å². The van der Waals surface area contributed by atoms with Crippen LogP contribution in [0.2, 0.25) is 0 Å². The quantitative estimate of drug-likeness (QED) is 0.530. The predicted octanol–water partition coefficient (Wildman–Crippen LogP) is 3.64. The van der Waals surface area contributed by atoms with Gasteiger partial charge in [0.25, 0.3) is 11.2 Å². The Morgan fingerprint density at radius 2 is 1.96 bits per heavy atom. The SMILES string of the molecule is CCCCc1nc2ccccc2c(=O)n1-c1cccc([N+](=O)[O-])c1. The first-order valence-electron chi connectivity index (χ1n) is 7.87. The molecule has 122 valence electrons. The molecule has 0 aliphatic carbocycles. The minimum absolute atomic E-state index is 0.0472. The van der Waals surface area contributed by atoms with Crippen molar-refractivity contribution in [2.24, 2.45) is 0 Å². The Hall–Kier alpha value is -3.02. The topological polar surface area (TPSA) is 78.0 Å². The number of aryl methyl sites for hydroxylation is 1. The number of unbranched alkanes of at least 4 members (excludes halogenated alkanes) is 1. The molecule has 0 aliphatic heterocycles. The van der Waals surface area contributed by atoms with Crippen LogP contribution in [0.5, 0.6) is 0 Å². The van der Waals surface area contributed by atoms with Crippen LogP contribution in [-0.4, -0.2) is 14.5 Å². The summed E-state index contributed by atoms with van der Waals surface area (Å²) in [6, 6.07) is 13.3. The van der Waals surface area contributed by atoms with Crippen LogP contribution in [0.1, 0.15) is 25.6 Å². The number of para-hydroxylation sites is 1. The lowest BCUT2D eigenvalue weighted by molar-refractivity contribution is -0.384. The molecule has 1 heterocycles. The maximum Gasteiger partial charge on any atom is 0.271 e. The Labute approximate surface area is 138 Å². The molecule has 0 N–H and O–H groups in total. The lowest BCUT2D eigenvalue weighted by Crippen LogP contribution is -2.24. The fourth-order valence-corrected chi connectivity index (χ4v) is 2.69. The standard InChI is InChI=1S/C18H17N3O3/c1-2-3-11-17-19-16-10-5-4-9-15(16)18(22)20(17)13-7-6-8-14(12-13)21(23)24/h4-10,12H,2-3,11H2,1H3. The van der Waals surface area contributed by atoms with Gasteiger partial charge < -0.3 is 0 Å². The lowest BCUT2D eigenvalue weighted by Gasteiger charge is -2.13. The highest BCUT2D eigenvalue weighted by atomic mass is 16.6. The van der Waals surface area contributed by atoms with Crippen molar-refractivity contribution in [1.29, 1.82) is 0 Å². The van der Waals surface area contributed by atoms with Gasteiger partial charge >= 0.3 is 0 Å². The largest absolute Gasteiger partial charge is 0.271 e. The van der Waals surface area contributed by atoms with Crippen LogP contribution in [0.15, 0.2) is 53.3 Å². The number of nitro benzene ring substituents is 1. The summed E-state index contributed by atoms with van der Waals surface area (Å²) in [6.45, 7) is 2.07. The zero-order chi connectivity index (χ0) is 17.1. The number of hydrogen-bond donors (Lipinski definition) is 0. The molecule has 2 aromatic carbocycles. The van der Waals surface area contributed by atoms with Crippen molar-refractivity contribution in [3.63, 3.8) is 0 Å². The highest BCUT2D eigenvalue weighted by Crippen LogP contribution is 2.19. The Kier molecular flexibility index (Phi) is 4.37. The van der Waals surface area contributed by atoms with Gasteiger partial charge in [0.15, 0.2) is 0 Å². The van der Waals surface area contributed by atoms with Crippen LogP contribution in [0, 0.1) is 10.1 Å². The summed E-state index contributed by atoms with van der Waals surface area (Å²) in [6.07, 6.45) is 2.50. The van der Waals surface area contributed by atoms with Gasteiger partial charge in [0.1, 0.15) is 5.82 Å². The Bertz CT molecular complexity index is 963. The molecule has 0 aliphatic rings. The zero-order valence-corrected chi connectivity index (χ0v) is 13.3. The van der Waals surface area contributed by atoms with Crippen molar-refractivity contribution in [3.8, 4) is 5.69 Å². The number of rotatable bonds is 5. The molecule has 6 nitrogen and oxygen atoms in total. The van der Waals surface area contributed by atoms with Gasteiger partial charge in [0.2, 0.25) is 0 Å². The van der Waals surface area contributed by atoms with Crippen LogP contribution in [-0.2, 0) is 6.42 Å². The fourth-order valence-electron chi connectivity index (χ4n) is 2.69. The minimum Gasteiger partial charge on any atom is -0.268 e. The third kappa shape index (κ3) is 2.90. The second kappa shape index (κ2) is 6.62. The van der Waals surface area contributed by atoms with Crippen LogP contribution in [0.25, 0.3) is 16.6 Å². The third-order valence-electron chi connectivity index (χ3n) is 3.90. The van der Waals surface area contributed by atoms with E-state index < -0.39 is 4.92 Å². The second-order valence-corrected chi connectivity index (χ2v) is 5.57. The molecule has 0 bridgehead atoms. The molecular formula is C18H17N3O3. The molecule has 0 radical (unpaired) electrons. The minimum atomic E-state index is -0.464. The second-order valence-electron chi connectivity index (χ2n) is 5.57. The van der Waals surface area contributed by atoms with E-state index in [4.69, 9.17) is 0 Å². The molecule has 3 rings (SSSR count). The highest BCUT2D eigenvalue weighted by Gasteiger charge is 2.14. The maximum atomic E-state index is 12.9. The molecule has 0 fully saturated rings. The molecule has 0 saturated heterocycles. The molecule has 0 atom stereocenters. The van der Waals surface area contributed by atoms with E-state index in [9.17, 15) is 14.9 Å². The van der Waals surface area contributed by atoms with Crippen LogP contribution < -0.4 is 5.56 Å². The van der Waals surface area contributed by atoms with E-state index in [2.05, 4.69) is 11.9 Å². The summed E-state index contributed by atoms with van der Waals surface area (Å²) in [5.74, 6) is 0.626. The van der Waals surface area contributed by atoms with Crippen molar-refractivity contribution in [2.75, 3.05) is 0 Å². The van der Waals surface area contributed by atoms with Crippen molar-refractivity contribution in [2.45, 2.75) is 26.2 Å². The first-order chi connectivity index (χ1) is 11.6. The number of benzene rings is 2. The van der Waals surface area contributed by atoms with Crippen molar-refractivity contribution in [1.82, 2.24) is 9.55 Å². The molecule has 0 unspecified atom stereocenters. The Morgan fingerprint density at radius 3 is 2.71 bits per heavy atom. The van der Waals surface area contributed by atoms with Gasteiger partial charge in [0, 0.05) is 18.6 Å². The van der Waals surface area contributed by atoms with Gasteiger partial charge in [-0.3, -0.25) is 19.5 Å². The summed E-state index contributed by atoms with van der Waals surface area (Å²) in [7, 11) is 0. The van der Waals surface area contributed by atoms with Crippen molar-refractivity contribution < 1.29 is 4.92 Å². The van der Waals surface area contributed by atoms with Gasteiger partial charge in [-0.15, -0.1) is 0 Å². The van der Waals surface area contributed by atoms with Gasteiger partial charge in [-0.2, -0.15) is 0 Å². The van der Waals surface area contributed by atoms with Gasteiger partial charge in [-0.1, -0.05) is 31.5 Å². The molecule has 3 aromatic rings. The first-order valence-corrected chi connectivity index (χ1v) is 7.87. The smallest absolute Gasteiger partial charge is 0.268 e. The molecule has 0 spiro atoms. The average molecular weight is 323 g/mol. The average Bonchev–Trinajstić information content (AvgIpc) is 2.60. The Morgan fingerprint density at radius 1 is 1.17 bits per heavy atom. The maximum absolute atomic E-state index is 12.9. The molecular weight excluding hydrogens is 306 g/mol. The molecule has 6 heteroatoms. The number of nitrogens with zero attached hydrogens (tertiary/aromatic N) is 3. The first kappa shape index (κ1) is 15.9. The summed E-state index contributed by atoms with van der Waals surface area (Å²) in [5.41, 5.74) is 0.870. The summed E-state index contributed by atoms with van der Waals surface area (Å²) in [5, 5.41) is 11.5. The van der Waals surface area contributed by atoms with Gasteiger partial charge in [-0.25, -0.2) is 4.98 Å². The van der Waals surface area contributed by atoms with Crippen molar-refractivity contribution >= 4 is 16.6 Å². The summed E-state index contributed by atoms with van der Waals surface area (Å²) in [4.78, 5) is 28.1. The predicted molar refractivity (Wildman–Crippen MR) is 92.6 cm³/mol. The highest BCUT2D eigenvalue weighted by molar-refractivity contribution is 5.77. The van der Waals surface area contributed by atoms with Crippen molar-refractivity contribution in [3.05, 3.63) is 74.8 Å². The van der Waals surface area contributed by atoms with E-state index in [1.807, 2.05) is 12.1 Å². The number of fused-ring (bicyclic) bond motifs is 1. The molecule has 1 aromatic heterocycles. The van der Waals surface area contributed by atoms with E-state index in [1.54, 1.807) is 24.3 Å². The summed E-state index contributed by atoms with van der Waals surface area (Å²) < 4.78 is 1.49. The number of non-ortho nitro benzene ring substituents is 1. The van der Waals surface area contributed by atoms with Gasteiger partial charge in [-0.05, 0) is 24.6 Å². The number of aromatic nitrogens is 2. The van der Waals surface area contributed by atoms with E-state index in [0.29, 0.717) is 28.8 Å². The number of hydrogen-bond acceptors (Lipinski definition) is 4. The van der Waals surface area contributed by atoms with Crippen LogP contribution in [0.3, 0.4) is 0 Å². The van der Waals surface area contributed by atoms with E-state index in [0.717, 1.165) is 12.8 Å². The van der Waals surface area contributed by atoms with Gasteiger partial charge in [0.05, 0.1) is 21.5 Å². The normalized spacial score (nSPS) is 10.9. The Balaban J connectivity index is 2.28. The van der Waals surface area contributed by atoms with E-state index in [1.165, 1.54) is 16.7 Å². The zero-order valence-electron chi connectivity index (χ0n) is 13.3. The van der Waals surface area contributed by atoms with Crippen LogP contribution >= 0.6 is 0 Å². The van der Waals surface area contributed by atoms with Crippen LogP contribution in [0.4, 0.5) is 5.69 Å².